The maximum atomic E-state index is 12.3. The van der Waals surface area contributed by atoms with Crippen molar-refractivity contribution in [3.8, 4) is 5.69 Å². The standard InChI is InChI=1S/C16H20N4O2/c17-15(12-5-9-22-10-6-12)16(21)19-13-3-1-4-14(11-13)20-8-2-7-18-20/h1-4,7-8,11-12,15H,5-6,9-10,17H2,(H,19,21). The van der Waals surface area contributed by atoms with Crippen LogP contribution in [0.4, 0.5) is 5.69 Å². The quantitative estimate of drug-likeness (QED) is 0.898. The topological polar surface area (TPSA) is 82.2 Å². The van der Waals surface area contributed by atoms with E-state index < -0.39 is 6.04 Å². The maximum Gasteiger partial charge on any atom is 0.241 e. The molecule has 1 aliphatic rings. The third-order valence-electron chi connectivity index (χ3n) is 3.96. The second-order valence-corrected chi connectivity index (χ2v) is 5.47. The van der Waals surface area contributed by atoms with Crippen LogP contribution < -0.4 is 11.1 Å². The zero-order valence-electron chi connectivity index (χ0n) is 12.3. The summed E-state index contributed by atoms with van der Waals surface area (Å²) in [5, 5.41) is 7.08. The van der Waals surface area contributed by atoms with Crippen LogP contribution in [0.5, 0.6) is 0 Å². The number of amides is 1. The molecular formula is C16H20N4O2. The third kappa shape index (κ3) is 3.35. The van der Waals surface area contributed by atoms with Crippen LogP contribution in [0.15, 0.2) is 42.7 Å². The van der Waals surface area contributed by atoms with Crippen molar-refractivity contribution in [3.05, 3.63) is 42.7 Å². The molecule has 2 heterocycles. The number of rotatable bonds is 4. The molecule has 1 aromatic heterocycles. The van der Waals surface area contributed by atoms with Crippen LogP contribution in [0.25, 0.3) is 5.69 Å². The zero-order chi connectivity index (χ0) is 15.4. The molecule has 1 saturated heterocycles. The van der Waals surface area contributed by atoms with Crippen LogP contribution in [-0.4, -0.2) is 34.9 Å². The molecule has 0 bridgehead atoms. The van der Waals surface area contributed by atoms with Gasteiger partial charge in [0.2, 0.25) is 5.91 Å². The lowest BCUT2D eigenvalue weighted by atomic mass is 9.92. The predicted octanol–water partition coefficient (Wildman–Crippen LogP) is 1.56. The molecule has 0 saturated carbocycles. The fraction of sp³-hybridized carbons (Fsp3) is 0.375. The Labute approximate surface area is 129 Å². The summed E-state index contributed by atoms with van der Waals surface area (Å²) in [6.07, 6.45) is 5.24. The Kier molecular flexibility index (Phi) is 4.50. The number of hydrogen-bond donors (Lipinski definition) is 2. The molecule has 22 heavy (non-hydrogen) atoms. The van der Waals surface area contributed by atoms with Crippen LogP contribution in [0.2, 0.25) is 0 Å². The lowest BCUT2D eigenvalue weighted by molar-refractivity contribution is -0.119. The number of nitrogens with one attached hydrogen (secondary N) is 1. The van der Waals surface area contributed by atoms with Crippen LogP contribution >= 0.6 is 0 Å². The minimum absolute atomic E-state index is 0.149. The fourth-order valence-electron chi connectivity index (χ4n) is 2.66. The van der Waals surface area contributed by atoms with Crippen LogP contribution in [-0.2, 0) is 9.53 Å². The highest BCUT2D eigenvalue weighted by Gasteiger charge is 2.26. The SMILES string of the molecule is NC(C(=O)Nc1cccc(-n2cccn2)c1)C1CCOCC1. The number of benzene rings is 1. The van der Waals surface area contributed by atoms with Gasteiger partial charge in [-0.05, 0) is 43.0 Å². The Morgan fingerprint density at radius 2 is 2.18 bits per heavy atom. The van der Waals surface area contributed by atoms with Crippen molar-refractivity contribution < 1.29 is 9.53 Å². The van der Waals surface area contributed by atoms with Crippen molar-refractivity contribution in [2.75, 3.05) is 18.5 Å². The van der Waals surface area contributed by atoms with Gasteiger partial charge in [0.25, 0.3) is 0 Å². The van der Waals surface area contributed by atoms with Gasteiger partial charge in [-0.2, -0.15) is 5.10 Å². The lowest BCUT2D eigenvalue weighted by Gasteiger charge is -2.26. The maximum absolute atomic E-state index is 12.3. The highest BCUT2D eigenvalue weighted by molar-refractivity contribution is 5.95. The first-order chi connectivity index (χ1) is 10.7. The molecular weight excluding hydrogens is 280 g/mol. The molecule has 2 aromatic rings. The van der Waals surface area contributed by atoms with Crippen molar-refractivity contribution in [2.45, 2.75) is 18.9 Å². The Bertz CT molecular complexity index is 621. The first kappa shape index (κ1) is 14.7. The van der Waals surface area contributed by atoms with E-state index in [0.29, 0.717) is 13.2 Å². The molecule has 1 unspecified atom stereocenters. The molecule has 3 N–H and O–H groups in total. The van der Waals surface area contributed by atoms with E-state index in [1.54, 1.807) is 10.9 Å². The molecule has 1 atom stereocenters. The van der Waals surface area contributed by atoms with Crippen molar-refractivity contribution >= 4 is 11.6 Å². The van der Waals surface area contributed by atoms with E-state index in [4.69, 9.17) is 10.5 Å². The number of carbonyl (C=O) groups excluding carboxylic acids is 1. The second kappa shape index (κ2) is 6.72. The Morgan fingerprint density at radius 3 is 2.91 bits per heavy atom. The highest BCUT2D eigenvalue weighted by Crippen LogP contribution is 2.19. The molecule has 1 aliphatic heterocycles. The van der Waals surface area contributed by atoms with Crippen LogP contribution in [0, 0.1) is 5.92 Å². The Balaban J connectivity index is 1.67. The molecule has 0 aliphatic carbocycles. The monoisotopic (exact) mass is 300 g/mol. The van der Waals surface area contributed by atoms with Crippen LogP contribution in [0.3, 0.4) is 0 Å². The summed E-state index contributed by atoms with van der Waals surface area (Å²) in [4.78, 5) is 12.3. The number of hydrogen-bond acceptors (Lipinski definition) is 4. The van der Waals surface area contributed by atoms with Gasteiger partial charge in [-0.1, -0.05) is 6.07 Å². The van der Waals surface area contributed by atoms with Gasteiger partial charge in [-0.25, -0.2) is 4.68 Å². The molecule has 6 heteroatoms. The minimum atomic E-state index is -0.503. The summed E-state index contributed by atoms with van der Waals surface area (Å²) in [5.74, 6) is 0.0348. The van der Waals surface area contributed by atoms with Gasteiger partial charge in [0.05, 0.1) is 11.7 Å². The Hall–Kier alpha value is -2.18. The van der Waals surface area contributed by atoms with E-state index in [1.165, 1.54) is 0 Å². The average Bonchev–Trinajstić information content (AvgIpc) is 3.10. The van der Waals surface area contributed by atoms with Crippen molar-refractivity contribution in [2.24, 2.45) is 11.7 Å². The van der Waals surface area contributed by atoms with Crippen molar-refractivity contribution in [3.63, 3.8) is 0 Å². The molecule has 1 fully saturated rings. The van der Waals surface area contributed by atoms with Crippen molar-refractivity contribution in [1.29, 1.82) is 0 Å². The van der Waals surface area contributed by atoms with E-state index in [0.717, 1.165) is 24.2 Å². The number of nitrogens with zero attached hydrogens (tertiary/aromatic N) is 2. The number of ether oxygens (including phenoxy) is 1. The summed E-state index contributed by atoms with van der Waals surface area (Å²) in [5.41, 5.74) is 7.70. The first-order valence-electron chi connectivity index (χ1n) is 7.48. The van der Waals surface area contributed by atoms with Gasteiger partial charge in [0.15, 0.2) is 0 Å². The fourth-order valence-corrected chi connectivity index (χ4v) is 2.66. The van der Waals surface area contributed by atoms with E-state index in [9.17, 15) is 4.79 Å². The number of aromatic nitrogens is 2. The minimum Gasteiger partial charge on any atom is -0.381 e. The van der Waals surface area contributed by atoms with Gasteiger partial charge in [-0.15, -0.1) is 0 Å². The normalized spacial score (nSPS) is 17.1. The molecule has 1 aromatic carbocycles. The van der Waals surface area contributed by atoms with E-state index >= 15 is 0 Å². The van der Waals surface area contributed by atoms with E-state index in [1.807, 2.05) is 36.5 Å². The number of anilines is 1. The summed E-state index contributed by atoms with van der Waals surface area (Å²) in [6.45, 7) is 1.36. The van der Waals surface area contributed by atoms with Gasteiger partial charge in [0.1, 0.15) is 0 Å². The van der Waals surface area contributed by atoms with Gasteiger partial charge < -0.3 is 15.8 Å². The summed E-state index contributed by atoms with van der Waals surface area (Å²) < 4.78 is 7.05. The number of carbonyl (C=O) groups is 1. The largest absolute Gasteiger partial charge is 0.381 e. The molecule has 6 nitrogen and oxygen atoms in total. The molecule has 3 rings (SSSR count). The smallest absolute Gasteiger partial charge is 0.241 e. The summed E-state index contributed by atoms with van der Waals surface area (Å²) in [7, 11) is 0. The van der Waals surface area contributed by atoms with E-state index in [2.05, 4.69) is 10.4 Å². The summed E-state index contributed by atoms with van der Waals surface area (Å²) >= 11 is 0. The molecule has 1 amide bonds. The summed E-state index contributed by atoms with van der Waals surface area (Å²) in [6, 6.07) is 8.89. The predicted molar refractivity (Wildman–Crippen MR) is 83.7 cm³/mol. The molecule has 0 radical (unpaired) electrons. The van der Waals surface area contributed by atoms with Crippen LogP contribution in [0.1, 0.15) is 12.8 Å². The number of nitrogens with two attached hydrogens (primary N) is 1. The Morgan fingerprint density at radius 1 is 1.36 bits per heavy atom. The average molecular weight is 300 g/mol. The van der Waals surface area contributed by atoms with E-state index in [-0.39, 0.29) is 11.8 Å². The third-order valence-corrected chi connectivity index (χ3v) is 3.96. The zero-order valence-corrected chi connectivity index (χ0v) is 12.3. The molecule has 0 spiro atoms. The van der Waals surface area contributed by atoms with Crippen molar-refractivity contribution in [1.82, 2.24) is 9.78 Å². The van der Waals surface area contributed by atoms with Gasteiger partial charge in [0, 0.05) is 31.3 Å². The lowest BCUT2D eigenvalue weighted by Crippen LogP contribution is -2.44. The van der Waals surface area contributed by atoms with Gasteiger partial charge in [-0.3, -0.25) is 4.79 Å². The van der Waals surface area contributed by atoms with Gasteiger partial charge >= 0.3 is 0 Å². The highest BCUT2D eigenvalue weighted by atomic mass is 16.5. The molecule has 116 valence electrons. The first-order valence-corrected chi connectivity index (χ1v) is 7.48. The second-order valence-electron chi connectivity index (χ2n) is 5.47.